The molecule has 5 heteroatoms. The zero-order valence-electron chi connectivity index (χ0n) is 10.8. The van der Waals surface area contributed by atoms with Crippen molar-refractivity contribution in [3.63, 3.8) is 0 Å². The van der Waals surface area contributed by atoms with Gasteiger partial charge in [-0.1, -0.05) is 20.8 Å². The number of nitrogens with zero attached hydrogens (tertiary/aromatic N) is 1. The van der Waals surface area contributed by atoms with Gasteiger partial charge in [-0.05, 0) is 18.9 Å². The third-order valence-electron chi connectivity index (χ3n) is 3.27. The molecule has 1 atom stereocenters. The fourth-order valence-corrected chi connectivity index (χ4v) is 4.53. The Balaban J connectivity index is 2.83. The fraction of sp³-hybridized carbons (Fsp3) is 1.00. The molecule has 0 aromatic rings. The van der Waals surface area contributed by atoms with E-state index in [1.54, 1.807) is 0 Å². The highest BCUT2D eigenvalue weighted by atomic mass is 32.2. The van der Waals surface area contributed by atoms with Gasteiger partial charge in [0, 0.05) is 18.6 Å². The van der Waals surface area contributed by atoms with Crippen molar-refractivity contribution in [2.24, 2.45) is 11.1 Å². The molecule has 0 amide bonds. The molecule has 0 aromatic carbocycles. The van der Waals surface area contributed by atoms with Crippen LogP contribution in [0.5, 0.6) is 0 Å². The lowest BCUT2D eigenvalue weighted by Crippen LogP contribution is -2.55. The number of sulfone groups is 1. The zero-order chi connectivity index (χ0) is 12.6. The summed E-state index contributed by atoms with van der Waals surface area (Å²) in [6.07, 6.45) is 0.665. The molecule has 0 bridgehead atoms. The summed E-state index contributed by atoms with van der Waals surface area (Å²) in [5, 5.41) is 0. The summed E-state index contributed by atoms with van der Waals surface area (Å²) in [4.78, 5) is 2.14. The largest absolute Gasteiger partial charge is 0.329 e. The third kappa shape index (κ3) is 3.18. The second kappa shape index (κ2) is 4.27. The van der Waals surface area contributed by atoms with E-state index in [1.165, 1.54) is 0 Å². The molecule has 2 N–H and O–H groups in total. The summed E-state index contributed by atoms with van der Waals surface area (Å²) in [5.74, 6) is 0.488. The van der Waals surface area contributed by atoms with Crippen molar-refractivity contribution in [2.75, 3.05) is 31.6 Å². The van der Waals surface area contributed by atoms with Gasteiger partial charge < -0.3 is 5.73 Å². The van der Waals surface area contributed by atoms with E-state index in [0.29, 0.717) is 13.0 Å². The van der Waals surface area contributed by atoms with Crippen LogP contribution in [0.15, 0.2) is 0 Å². The van der Waals surface area contributed by atoms with Crippen molar-refractivity contribution in [3.8, 4) is 0 Å². The van der Waals surface area contributed by atoms with E-state index in [-0.39, 0.29) is 22.5 Å². The predicted molar refractivity (Wildman–Crippen MR) is 67.1 cm³/mol. The van der Waals surface area contributed by atoms with E-state index >= 15 is 0 Å². The highest BCUT2D eigenvalue weighted by Gasteiger charge is 2.44. The molecular weight excluding hydrogens is 224 g/mol. The van der Waals surface area contributed by atoms with Crippen molar-refractivity contribution in [1.29, 1.82) is 0 Å². The SMILES string of the molecule is CN(CC(C)(C)C)C1(CN)CCS(=O)(=O)C1. The summed E-state index contributed by atoms with van der Waals surface area (Å²) >= 11 is 0. The first-order valence-electron chi connectivity index (χ1n) is 5.72. The smallest absolute Gasteiger partial charge is 0.152 e. The second-order valence-corrected chi connectivity index (χ2v) is 8.37. The van der Waals surface area contributed by atoms with Gasteiger partial charge >= 0.3 is 0 Å². The molecule has 0 aromatic heterocycles. The number of hydrogen-bond donors (Lipinski definition) is 1. The maximum Gasteiger partial charge on any atom is 0.152 e. The molecule has 0 saturated carbocycles. The van der Waals surface area contributed by atoms with Crippen LogP contribution in [0, 0.1) is 5.41 Å². The molecule has 16 heavy (non-hydrogen) atoms. The second-order valence-electron chi connectivity index (χ2n) is 6.19. The summed E-state index contributed by atoms with van der Waals surface area (Å²) < 4.78 is 23.2. The minimum atomic E-state index is -2.89. The Morgan fingerprint density at radius 3 is 2.25 bits per heavy atom. The number of likely N-dealkylation sites (N-methyl/N-ethyl adjacent to an activating group) is 1. The zero-order valence-corrected chi connectivity index (χ0v) is 11.6. The first kappa shape index (κ1) is 13.9. The van der Waals surface area contributed by atoms with E-state index in [2.05, 4.69) is 25.7 Å². The van der Waals surface area contributed by atoms with Crippen molar-refractivity contribution in [2.45, 2.75) is 32.7 Å². The van der Waals surface area contributed by atoms with Gasteiger partial charge in [-0.15, -0.1) is 0 Å². The van der Waals surface area contributed by atoms with Gasteiger partial charge in [0.2, 0.25) is 0 Å². The van der Waals surface area contributed by atoms with Crippen LogP contribution in [0.3, 0.4) is 0 Å². The van der Waals surface area contributed by atoms with Gasteiger partial charge in [0.05, 0.1) is 11.5 Å². The summed E-state index contributed by atoms with van der Waals surface area (Å²) in [5.41, 5.74) is 5.62. The standard InChI is InChI=1S/C11H24N2O2S/c1-10(2,3)8-13(4)11(7-12)5-6-16(14,15)9-11/h5-9,12H2,1-4H3. The van der Waals surface area contributed by atoms with Crippen molar-refractivity contribution in [3.05, 3.63) is 0 Å². The number of hydrogen-bond acceptors (Lipinski definition) is 4. The minimum Gasteiger partial charge on any atom is -0.329 e. The molecule has 0 spiro atoms. The van der Waals surface area contributed by atoms with Gasteiger partial charge in [0.15, 0.2) is 9.84 Å². The molecule has 1 unspecified atom stereocenters. The number of rotatable bonds is 3. The van der Waals surface area contributed by atoms with Gasteiger partial charge in [-0.2, -0.15) is 0 Å². The molecule has 1 fully saturated rings. The number of nitrogens with two attached hydrogens (primary N) is 1. The summed E-state index contributed by atoms with van der Waals surface area (Å²) in [7, 11) is -0.903. The van der Waals surface area contributed by atoms with Crippen molar-refractivity contribution < 1.29 is 8.42 Å². The van der Waals surface area contributed by atoms with Crippen LogP contribution in [-0.2, 0) is 9.84 Å². The molecular formula is C11H24N2O2S. The Morgan fingerprint density at radius 1 is 1.38 bits per heavy atom. The summed E-state index contributed by atoms with van der Waals surface area (Å²) in [6.45, 7) is 7.73. The molecule has 0 aliphatic carbocycles. The van der Waals surface area contributed by atoms with Gasteiger partial charge in [-0.25, -0.2) is 8.42 Å². The molecule has 1 heterocycles. The normalized spacial score (nSPS) is 29.9. The van der Waals surface area contributed by atoms with Crippen LogP contribution in [0.2, 0.25) is 0 Å². The molecule has 96 valence electrons. The lowest BCUT2D eigenvalue weighted by atomic mass is 9.91. The van der Waals surface area contributed by atoms with Gasteiger partial charge in [0.1, 0.15) is 0 Å². The molecule has 1 aliphatic rings. The minimum absolute atomic E-state index is 0.156. The molecule has 1 aliphatic heterocycles. The van der Waals surface area contributed by atoms with Crippen LogP contribution < -0.4 is 5.73 Å². The predicted octanol–water partition coefficient (Wildman–Crippen LogP) is 0.480. The molecule has 1 rings (SSSR count). The highest BCUT2D eigenvalue weighted by molar-refractivity contribution is 7.91. The summed E-state index contributed by atoms with van der Waals surface area (Å²) in [6, 6.07) is 0. The van der Waals surface area contributed by atoms with Crippen LogP contribution >= 0.6 is 0 Å². The van der Waals surface area contributed by atoms with Crippen molar-refractivity contribution >= 4 is 9.84 Å². The van der Waals surface area contributed by atoms with Crippen LogP contribution in [0.1, 0.15) is 27.2 Å². The lowest BCUT2D eigenvalue weighted by molar-refractivity contribution is 0.106. The molecule has 1 saturated heterocycles. The van der Waals surface area contributed by atoms with E-state index in [4.69, 9.17) is 5.73 Å². The first-order chi connectivity index (χ1) is 7.10. The third-order valence-corrected chi connectivity index (χ3v) is 5.07. The Hall–Kier alpha value is -0.130. The van der Waals surface area contributed by atoms with Gasteiger partial charge in [-0.3, -0.25) is 4.90 Å². The van der Waals surface area contributed by atoms with Gasteiger partial charge in [0.25, 0.3) is 0 Å². The Labute approximate surface area is 99.1 Å². The Kier molecular flexibility index (Phi) is 3.72. The maximum absolute atomic E-state index is 11.6. The fourth-order valence-electron chi connectivity index (χ4n) is 2.40. The maximum atomic E-state index is 11.6. The van der Waals surface area contributed by atoms with E-state index in [0.717, 1.165) is 6.54 Å². The monoisotopic (exact) mass is 248 g/mol. The van der Waals surface area contributed by atoms with E-state index in [1.807, 2.05) is 7.05 Å². The van der Waals surface area contributed by atoms with Crippen LogP contribution in [-0.4, -0.2) is 50.5 Å². The molecule has 4 nitrogen and oxygen atoms in total. The highest BCUT2D eigenvalue weighted by Crippen LogP contribution is 2.30. The Bertz CT molecular complexity index is 345. The molecule has 0 radical (unpaired) electrons. The quantitative estimate of drug-likeness (QED) is 0.789. The average molecular weight is 248 g/mol. The van der Waals surface area contributed by atoms with E-state index < -0.39 is 9.84 Å². The lowest BCUT2D eigenvalue weighted by Gasteiger charge is -2.40. The van der Waals surface area contributed by atoms with Crippen LogP contribution in [0.25, 0.3) is 0 Å². The van der Waals surface area contributed by atoms with Crippen LogP contribution in [0.4, 0.5) is 0 Å². The average Bonchev–Trinajstić information content (AvgIpc) is 2.40. The Morgan fingerprint density at radius 2 is 1.94 bits per heavy atom. The topological polar surface area (TPSA) is 63.4 Å². The van der Waals surface area contributed by atoms with Crippen molar-refractivity contribution in [1.82, 2.24) is 4.90 Å². The first-order valence-corrected chi connectivity index (χ1v) is 7.54. The van der Waals surface area contributed by atoms with E-state index in [9.17, 15) is 8.42 Å².